The molecule has 0 radical (unpaired) electrons. The Morgan fingerprint density at radius 2 is 1.58 bits per heavy atom. The van der Waals surface area contributed by atoms with Gasteiger partial charge in [-0.1, -0.05) is 12.1 Å². The lowest BCUT2D eigenvalue weighted by molar-refractivity contribution is 0.102. The summed E-state index contributed by atoms with van der Waals surface area (Å²) in [5.74, 6) is 1.92. The number of carbonyl (C=O) groups excluding carboxylic acids is 1. The monoisotopic (exact) mass is 464 g/mol. The quantitative estimate of drug-likeness (QED) is 0.358. The highest BCUT2D eigenvalue weighted by Crippen LogP contribution is 2.35. The van der Waals surface area contributed by atoms with Crippen molar-refractivity contribution in [3.8, 4) is 17.2 Å². The standard InChI is InChI=1S/C24H21ClN4O4/c1-31-17-9-4-6-14(10-17)23(30)27-16-8-5-7-15(11-16)26-22-18-12-20(32-2)21(33-3)13-19(18)28-24(25)29-22/h4-13H,1-3H3,(H,27,30)(H,26,28,29). The van der Waals surface area contributed by atoms with Gasteiger partial charge >= 0.3 is 0 Å². The number of methoxy groups -OCH3 is 3. The molecule has 9 heteroatoms. The smallest absolute Gasteiger partial charge is 0.255 e. The number of hydrogen-bond donors (Lipinski definition) is 2. The molecular formula is C24H21ClN4O4. The van der Waals surface area contributed by atoms with Gasteiger partial charge in [0.2, 0.25) is 5.28 Å². The Hall–Kier alpha value is -4.04. The number of nitrogens with one attached hydrogen (secondary N) is 2. The van der Waals surface area contributed by atoms with Crippen molar-refractivity contribution in [1.29, 1.82) is 0 Å². The third-order valence-corrected chi connectivity index (χ3v) is 5.06. The average Bonchev–Trinajstić information content (AvgIpc) is 2.83. The van der Waals surface area contributed by atoms with E-state index in [-0.39, 0.29) is 11.2 Å². The molecule has 0 atom stereocenters. The summed E-state index contributed by atoms with van der Waals surface area (Å²) in [5, 5.41) is 6.91. The van der Waals surface area contributed by atoms with Gasteiger partial charge in [0.25, 0.3) is 5.91 Å². The number of halogens is 1. The minimum Gasteiger partial charge on any atom is -0.497 e. The van der Waals surface area contributed by atoms with Gasteiger partial charge in [-0.05, 0) is 54.1 Å². The zero-order chi connectivity index (χ0) is 23.4. The number of rotatable bonds is 7. The van der Waals surface area contributed by atoms with E-state index in [1.807, 2.05) is 12.1 Å². The van der Waals surface area contributed by atoms with E-state index in [2.05, 4.69) is 20.6 Å². The predicted molar refractivity (Wildman–Crippen MR) is 128 cm³/mol. The van der Waals surface area contributed by atoms with Gasteiger partial charge in [-0.15, -0.1) is 0 Å². The molecular weight excluding hydrogens is 444 g/mol. The Kier molecular flexibility index (Phi) is 6.46. The zero-order valence-corrected chi connectivity index (χ0v) is 18.9. The highest BCUT2D eigenvalue weighted by atomic mass is 35.5. The van der Waals surface area contributed by atoms with Crippen LogP contribution in [0.2, 0.25) is 5.28 Å². The zero-order valence-electron chi connectivity index (χ0n) is 18.2. The van der Waals surface area contributed by atoms with E-state index < -0.39 is 0 Å². The first-order valence-corrected chi connectivity index (χ1v) is 10.3. The van der Waals surface area contributed by atoms with Crippen molar-refractivity contribution in [2.75, 3.05) is 32.0 Å². The second-order valence-corrected chi connectivity index (χ2v) is 7.30. The van der Waals surface area contributed by atoms with Crippen LogP contribution in [0.1, 0.15) is 10.4 Å². The summed E-state index contributed by atoms with van der Waals surface area (Å²) in [6, 6.07) is 17.7. The van der Waals surface area contributed by atoms with Crippen molar-refractivity contribution in [2.24, 2.45) is 0 Å². The molecule has 2 N–H and O–H groups in total. The summed E-state index contributed by atoms with van der Waals surface area (Å²) in [6.07, 6.45) is 0. The third-order valence-electron chi connectivity index (χ3n) is 4.89. The molecule has 0 fully saturated rings. The van der Waals surface area contributed by atoms with Crippen molar-refractivity contribution >= 4 is 45.6 Å². The summed E-state index contributed by atoms with van der Waals surface area (Å²) in [6.45, 7) is 0. The number of amides is 1. The normalized spacial score (nSPS) is 10.5. The van der Waals surface area contributed by atoms with Gasteiger partial charge in [-0.2, -0.15) is 4.98 Å². The highest BCUT2D eigenvalue weighted by molar-refractivity contribution is 6.28. The van der Waals surface area contributed by atoms with E-state index in [0.717, 1.165) is 0 Å². The SMILES string of the molecule is COc1cccc(C(=O)Nc2cccc(Nc3nc(Cl)nc4cc(OC)c(OC)cc34)c2)c1. The molecule has 168 valence electrons. The van der Waals surface area contributed by atoms with Gasteiger partial charge in [0.05, 0.1) is 26.8 Å². The minimum absolute atomic E-state index is 0.0831. The van der Waals surface area contributed by atoms with Crippen molar-refractivity contribution in [3.63, 3.8) is 0 Å². The van der Waals surface area contributed by atoms with Crippen LogP contribution in [0.25, 0.3) is 10.9 Å². The molecule has 3 aromatic carbocycles. The summed E-state index contributed by atoms with van der Waals surface area (Å²) >= 11 is 6.15. The summed E-state index contributed by atoms with van der Waals surface area (Å²) in [5.41, 5.74) is 2.39. The first-order valence-electron chi connectivity index (χ1n) is 9.92. The van der Waals surface area contributed by atoms with E-state index in [1.54, 1.807) is 69.9 Å². The maximum atomic E-state index is 12.7. The lowest BCUT2D eigenvalue weighted by Gasteiger charge is -2.13. The Morgan fingerprint density at radius 3 is 2.33 bits per heavy atom. The third kappa shape index (κ3) is 4.91. The van der Waals surface area contributed by atoms with Gasteiger partial charge in [-0.25, -0.2) is 4.98 Å². The largest absolute Gasteiger partial charge is 0.497 e. The first kappa shape index (κ1) is 22.2. The number of nitrogens with zero attached hydrogens (tertiary/aromatic N) is 2. The Labute approximate surface area is 195 Å². The summed E-state index contributed by atoms with van der Waals surface area (Å²) in [4.78, 5) is 21.3. The minimum atomic E-state index is -0.251. The number of carbonyl (C=O) groups is 1. The van der Waals surface area contributed by atoms with Crippen LogP contribution in [0.3, 0.4) is 0 Å². The molecule has 1 aromatic heterocycles. The average molecular weight is 465 g/mol. The fraction of sp³-hybridized carbons (Fsp3) is 0.125. The van der Waals surface area contributed by atoms with Gasteiger partial charge < -0.3 is 24.8 Å². The molecule has 1 heterocycles. The van der Waals surface area contributed by atoms with Crippen LogP contribution in [0.15, 0.2) is 60.7 Å². The van der Waals surface area contributed by atoms with Gasteiger partial charge in [0.1, 0.15) is 11.6 Å². The van der Waals surface area contributed by atoms with E-state index in [1.165, 1.54) is 0 Å². The van der Waals surface area contributed by atoms with Gasteiger partial charge in [0.15, 0.2) is 11.5 Å². The molecule has 4 aromatic rings. The van der Waals surface area contributed by atoms with E-state index in [9.17, 15) is 4.79 Å². The van der Waals surface area contributed by atoms with Crippen LogP contribution in [-0.2, 0) is 0 Å². The van der Waals surface area contributed by atoms with Crippen LogP contribution in [0.5, 0.6) is 17.2 Å². The van der Waals surface area contributed by atoms with Crippen LogP contribution in [0, 0.1) is 0 Å². The van der Waals surface area contributed by atoms with E-state index in [0.29, 0.717) is 50.9 Å². The lowest BCUT2D eigenvalue weighted by atomic mass is 10.2. The summed E-state index contributed by atoms with van der Waals surface area (Å²) in [7, 11) is 4.67. The number of benzene rings is 3. The Balaban J connectivity index is 1.62. The number of anilines is 3. The predicted octanol–water partition coefficient (Wildman–Crippen LogP) is 5.30. The molecule has 0 saturated carbocycles. The molecule has 8 nitrogen and oxygen atoms in total. The number of hydrogen-bond acceptors (Lipinski definition) is 7. The molecule has 1 amide bonds. The molecule has 0 aliphatic rings. The lowest BCUT2D eigenvalue weighted by Crippen LogP contribution is -2.12. The molecule has 33 heavy (non-hydrogen) atoms. The van der Waals surface area contributed by atoms with E-state index in [4.69, 9.17) is 25.8 Å². The number of aromatic nitrogens is 2. The van der Waals surface area contributed by atoms with Crippen LogP contribution in [0.4, 0.5) is 17.2 Å². The Morgan fingerprint density at radius 1 is 0.848 bits per heavy atom. The van der Waals surface area contributed by atoms with Crippen molar-refractivity contribution < 1.29 is 19.0 Å². The van der Waals surface area contributed by atoms with Crippen LogP contribution >= 0.6 is 11.6 Å². The molecule has 0 unspecified atom stereocenters. The first-order chi connectivity index (χ1) is 16.0. The van der Waals surface area contributed by atoms with Crippen molar-refractivity contribution in [3.05, 3.63) is 71.5 Å². The maximum absolute atomic E-state index is 12.7. The van der Waals surface area contributed by atoms with Gasteiger partial charge in [0, 0.05) is 28.4 Å². The molecule has 0 aliphatic heterocycles. The van der Waals surface area contributed by atoms with Crippen LogP contribution in [-0.4, -0.2) is 37.2 Å². The highest BCUT2D eigenvalue weighted by Gasteiger charge is 2.14. The van der Waals surface area contributed by atoms with E-state index >= 15 is 0 Å². The van der Waals surface area contributed by atoms with Gasteiger partial charge in [-0.3, -0.25) is 4.79 Å². The molecule has 0 saturated heterocycles. The topological polar surface area (TPSA) is 94.6 Å². The van der Waals surface area contributed by atoms with Crippen LogP contribution < -0.4 is 24.8 Å². The fourth-order valence-corrected chi connectivity index (χ4v) is 3.48. The van der Waals surface area contributed by atoms with Crippen molar-refractivity contribution in [2.45, 2.75) is 0 Å². The molecule has 0 aliphatic carbocycles. The molecule has 0 spiro atoms. The maximum Gasteiger partial charge on any atom is 0.255 e. The van der Waals surface area contributed by atoms with Crippen molar-refractivity contribution in [1.82, 2.24) is 9.97 Å². The summed E-state index contributed by atoms with van der Waals surface area (Å²) < 4.78 is 15.9. The fourth-order valence-electron chi connectivity index (χ4n) is 3.30. The number of ether oxygens (including phenoxy) is 3. The molecule has 0 bridgehead atoms. The molecule has 4 rings (SSSR count). The Bertz CT molecular complexity index is 1330. The second-order valence-electron chi connectivity index (χ2n) is 6.96. The second kappa shape index (κ2) is 9.62. The number of fused-ring (bicyclic) bond motifs is 1.